The molecule has 0 aliphatic rings. The SMILES string of the molecule is [C-]#[N+]c1cnn(-c2ncccn2)c1/N=N/c1c(O)c(C(=O)Nc2ccc(C(N)=O)cc2)cc2ccccc12. The summed E-state index contributed by atoms with van der Waals surface area (Å²) < 4.78 is 1.25. The molecular formula is C26H17N9O3. The summed E-state index contributed by atoms with van der Waals surface area (Å²) in [7, 11) is 0. The number of aromatic nitrogens is 4. The first kappa shape index (κ1) is 23.8. The molecule has 0 aliphatic carbocycles. The van der Waals surface area contributed by atoms with Gasteiger partial charge in [-0.25, -0.2) is 14.8 Å². The maximum atomic E-state index is 13.1. The highest BCUT2D eigenvalue weighted by Gasteiger charge is 2.20. The Hall–Kier alpha value is -5.96. The zero-order valence-electron chi connectivity index (χ0n) is 19.5. The smallest absolute Gasteiger partial charge is 0.259 e. The molecule has 12 heteroatoms. The number of nitrogens with zero attached hydrogens (tertiary/aromatic N) is 7. The van der Waals surface area contributed by atoms with Crippen LogP contribution in [-0.2, 0) is 0 Å². The molecule has 0 radical (unpaired) electrons. The molecule has 3 aromatic carbocycles. The van der Waals surface area contributed by atoms with Gasteiger partial charge in [0.05, 0.1) is 18.3 Å². The summed E-state index contributed by atoms with van der Waals surface area (Å²) in [6.45, 7) is 7.45. The molecule has 2 amide bonds. The van der Waals surface area contributed by atoms with Crippen LogP contribution in [0.2, 0.25) is 0 Å². The van der Waals surface area contributed by atoms with Crippen LogP contribution in [0.15, 0.2) is 89.5 Å². The van der Waals surface area contributed by atoms with E-state index < -0.39 is 17.6 Å². The number of carbonyl (C=O) groups is 2. The van der Waals surface area contributed by atoms with Gasteiger partial charge in [0, 0.05) is 29.0 Å². The third kappa shape index (κ3) is 4.50. The van der Waals surface area contributed by atoms with Crippen LogP contribution in [0.4, 0.5) is 22.9 Å². The Labute approximate surface area is 214 Å². The number of benzene rings is 3. The summed E-state index contributed by atoms with van der Waals surface area (Å²) in [5.74, 6) is -1.38. The number of hydrogen-bond donors (Lipinski definition) is 3. The number of amides is 2. The highest BCUT2D eigenvalue weighted by atomic mass is 16.3. The minimum atomic E-state index is -0.610. The lowest BCUT2D eigenvalue weighted by Crippen LogP contribution is -2.13. The third-order valence-corrected chi connectivity index (χ3v) is 5.50. The first-order valence-electron chi connectivity index (χ1n) is 11.1. The van der Waals surface area contributed by atoms with Crippen LogP contribution in [0.3, 0.4) is 0 Å². The summed E-state index contributed by atoms with van der Waals surface area (Å²) in [4.78, 5) is 36.1. The normalized spacial score (nSPS) is 10.9. The second kappa shape index (κ2) is 9.96. The van der Waals surface area contributed by atoms with Crippen molar-refractivity contribution in [3.05, 3.63) is 102 Å². The van der Waals surface area contributed by atoms with Crippen molar-refractivity contribution in [3.63, 3.8) is 0 Å². The third-order valence-electron chi connectivity index (χ3n) is 5.50. The molecule has 0 bridgehead atoms. The van der Waals surface area contributed by atoms with Gasteiger partial charge in [-0.3, -0.25) is 9.59 Å². The van der Waals surface area contributed by atoms with Crippen molar-refractivity contribution < 1.29 is 14.7 Å². The summed E-state index contributed by atoms with van der Waals surface area (Å²) in [6, 6.07) is 16.2. The fourth-order valence-electron chi connectivity index (χ4n) is 3.66. The average Bonchev–Trinajstić information content (AvgIpc) is 3.36. The molecule has 4 N–H and O–H groups in total. The topological polar surface area (TPSA) is 165 Å². The second-order valence-electron chi connectivity index (χ2n) is 7.86. The highest BCUT2D eigenvalue weighted by Crippen LogP contribution is 2.40. The number of fused-ring (bicyclic) bond motifs is 1. The number of rotatable bonds is 6. The fraction of sp³-hybridized carbons (Fsp3) is 0. The molecular weight excluding hydrogens is 486 g/mol. The number of phenols is 1. The Morgan fingerprint density at radius 2 is 1.76 bits per heavy atom. The number of nitrogens with one attached hydrogen (secondary N) is 1. The minimum Gasteiger partial charge on any atom is -0.505 e. The Bertz CT molecular complexity index is 1760. The van der Waals surface area contributed by atoms with Gasteiger partial charge in [0.15, 0.2) is 11.6 Å². The van der Waals surface area contributed by atoms with E-state index in [1.165, 1.54) is 53.6 Å². The molecule has 12 nitrogen and oxygen atoms in total. The lowest BCUT2D eigenvalue weighted by molar-refractivity contribution is 0.0998. The number of azo groups is 1. The number of hydrogen-bond acceptors (Lipinski definition) is 8. The number of anilines is 1. The molecule has 0 fully saturated rings. The predicted octanol–water partition coefficient (Wildman–Crippen LogP) is 4.84. The second-order valence-corrected chi connectivity index (χ2v) is 7.86. The first-order valence-corrected chi connectivity index (χ1v) is 11.1. The summed E-state index contributed by atoms with van der Waals surface area (Å²) >= 11 is 0. The van der Waals surface area contributed by atoms with E-state index in [0.29, 0.717) is 16.5 Å². The van der Waals surface area contributed by atoms with E-state index in [4.69, 9.17) is 12.3 Å². The molecule has 5 aromatic rings. The van der Waals surface area contributed by atoms with Crippen LogP contribution in [0.1, 0.15) is 20.7 Å². The van der Waals surface area contributed by atoms with E-state index in [1.54, 1.807) is 30.3 Å². The van der Waals surface area contributed by atoms with Crippen molar-refractivity contribution in [1.29, 1.82) is 0 Å². The van der Waals surface area contributed by atoms with E-state index in [-0.39, 0.29) is 34.3 Å². The molecule has 0 atom stereocenters. The van der Waals surface area contributed by atoms with Crippen molar-refractivity contribution in [2.24, 2.45) is 16.0 Å². The van der Waals surface area contributed by atoms with Gasteiger partial charge in [-0.1, -0.05) is 24.3 Å². The van der Waals surface area contributed by atoms with Gasteiger partial charge in [-0.15, -0.1) is 10.2 Å². The summed E-state index contributed by atoms with van der Waals surface area (Å²) in [5, 5.41) is 27.5. The summed E-state index contributed by atoms with van der Waals surface area (Å²) in [5.41, 5.74) is 6.01. The lowest BCUT2D eigenvalue weighted by Gasteiger charge is -2.11. The van der Waals surface area contributed by atoms with E-state index >= 15 is 0 Å². The Balaban J connectivity index is 1.56. The van der Waals surface area contributed by atoms with Crippen molar-refractivity contribution in [2.45, 2.75) is 0 Å². The maximum Gasteiger partial charge on any atom is 0.259 e. The Morgan fingerprint density at radius 1 is 1.03 bits per heavy atom. The molecule has 0 saturated heterocycles. The van der Waals surface area contributed by atoms with Crippen LogP contribution >= 0.6 is 0 Å². The number of carbonyl (C=O) groups excluding carboxylic acids is 2. The van der Waals surface area contributed by atoms with Crippen LogP contribution in [-0.4, -0.2) is 36.7 Å². The number of aromatic hydroxyl groups is 1. The van der Waals surface area contributed by atoms with Gasteiger partial charge in [-0.2, -0.15) is 9.78 Å². The van der Waals surface area contributed by atoms with Gasteiger partial charge in [0.1, 0.15) is 5.69 Å². The van der Waals surface area contributed by atoms with Crippen LogP contribution in [0.5, 0.6) is 5.75 Å². The van der Waals surface area contributed by atoms with Crippen molar-refractivity contribution in [1.82, 2.24) is 19.7 Å². The van der Waals surface area contributed by atoms with Gasteiger partial charge >= 0.3 is 0 Å². The van der Waals surface area contributed by atoms with Gasteiger partial charge in [0.2, 0.25) is 5.91 Å². The van der Waals surface area contributed by atoms with Crippen molar-refractivity contribution >= 4 is 45.5 Å². The molecule has 0 spiro atoms. The van der Waals surface area contributed by atoms with Crippen LogP contribution in [0, 0.1) is 6.57 Å². The van der Waals surface area contributed by atoms with E-state index in [2.05, 4.69) is 35.5 Å². The van der Waals surface area contributed by atoms with Gasteiger partial charge in [0.25, 0.3) is 17.5 Å². The van der Waals surface area contributed by atoms with E-state index in [1.807, 2.05) is 0 Å². The van der Waals surface area contributed by atoms with Gasteiger partial charge in [-0.05, 0) is 41.8 Å². The molecule has 38 heavy (non-hydrogen) atoms. The number of phenolic OH excluding ortho intramolecular Hbond substituents is 1. The van der Waals surface area contributed by atoms with Gasteiger partial charge < -0.3 is 16.2 Å². The molecule has 2 heterocycles. The van der Waals surface area contributed by atoms with Crippen molar-refractivity contribution in [3.8, 4) is 11.7 Å². The minimum absolute atomic E-state index is 0.0231. The average molecular weight is 503 g/mol. The Morgan fingerprint density at radius 3 is 2.47 bits per heavy atom. The maximum absolute atomic E-state index is 13.1. The standard InChI is InChI=1S/C26H17N9O3/c1-28-20-14-31-35(26-29-11-4-12-30-26)24(20)34-33-21-18-6-3-2-5-16(18)13-19(22(21)36)25(38)32-17-9-7-15(8-10-17)23(27)37/h2-14,36H,(H2,27,37)(H,32,38)/b34-33+. The zero-order chi connectivity index (χ0) is 26.6. The first-order chi connectivity index (χ1) is 18.5. The molecule has 0 unspecified atom stereocenters. The molecule has 0 aliphatic heterocycles. The lowest BCUT2D eigenvalue weighted by atomic mass is 10.0. The number of primary amides is 1. The number of nitrogens with two attached hydrogens (primary N) is 1. The zero-order valence-corrected chi connectivity index (χ0v) is 19.5. The molecule has 184 valence electrons. The summed E-state index contributed by atoms with van der Waals surface area (Å²) in [6.07, 6.45) is 4.35. The Kier molecular flexibility index (Phi) is 6.23. The van der Waals surface area contributed by atoms with E-state index in [0.717, 1.165) is 0 Å². The van der Waals surface area contributed by atoms with Crippen LogP contribution < -0.4 is 11.1 Å². The highest BCUT2D eigenvalue weighted by molar-refractivity contribution is 6.11. The monoisotopic (exact) mass is 503 g/mol. The fourth-order valence-corrected chi connectivity index (χ4v) is 3.66. The quantitative estimate of drug-likeness (QED) is 0.222. The molecule has 5 rings (SSSR count). The predicted molar refractivity (Wildman–Crippen MR) is 138 cm³/mol. The largest absolute Gasteiger partial charge is 0.505 e. The van der Waals surface area contributed by atoms with Crippen molar-refractivity contribution in [2.75, 3.05) is 5.32 Å². The van der Waals surface area contributed by atoms with Crippen LogP contribution in [0.25, 0.3) is 21.6 Å². The van der Waals surface area contributed by atoms with E-state index in [9.17, 15) is 14.7 Å². The molecule has 0 saturated carbocycles. The molecule has 2 aromatic heterocycles.